The smallest absolute Gasteiger partial charge is 0.233 e. The highest BCUT2D eigenvalue weighted by molar-refractivity contribution is 5.77. The molecule has 1 aliphatic rings. The second-order valence-corrected chi connectivity index (χ2v) is 3.75. The molecule has 0 aromatic carbocycles. The normalized spacial score (nSPS) is 18.3. The van der Waals surface area contributed by atoms with Gasteiger partial charge in [-0.15, -0.1) is 0 Å². The zero-order valence-corrected chi connectivity index (χ0v) is 8.10. The Balaban J connectivity index is 2.08. The first-order valence-corrected chi connectivity index (χ1v) is 4.75. The average Bonchev–Trinajstić information content (AvgIpc) is 2.86. The predicted molar refractivity (Wildman–Crippen MR) is 50.3 cm³/mol. The van der Waals surface area contributed by atoms with E-state index in [4.69, 9.17) is 5.11 Å². The van der Waals surface area contributed by atoms with Crippen LogP contribution < -0.4 is 10.6 Å². The Kier molecular flexibility index (Phi) is 3.69. The minimum Gasteiger partial charge on any atom is -0.396 e. The largest absolute Gasteiger partial charge is 0.396 e. The van der Waals surface area contributed by atoms with Crippen LogP contribution in [-0.4, -0.2) is 37.8 Å². The van der Waals surface area contributed by atoms with Crippen molar-refractivity contribution in [2.24, 2.45) is 5.41 Å². The van der Waals surface area contributed by atoms with Gasteiger partial charge in [0.25, 0.3) is 0 Å². The van der Waals surface area contributed by atoms with Crippen LogP contribution in [0.4, 0.5) is 0 Å². The number of rotatable bonds is 6. The van der Waals surface area contributed by atoms with Crippen molar-refractivity contribution in [2.45, 2.75) is 19.3 Å². The van der Waals surface area contributed by atoms with E-state index in [0.717, 1.165) is 13.0 Å². The third kappa shape index (κ3) is 3.32. The molecule has 1 rings (SSSR count). The molecule has 1 fully saturated rings. The number of hydrogen-bond acceptors (Lipinski definition) is 3. The van der Waals surface area contributed by atoms with Gasteiger partial charge in [-0.05, 0) is 24.7 Å². The van der Waals surface area contributed by atoms with Gasteiger partial charge in [0.1, 0.15) is 0 Å². The summed E-state index contributed by atoms with van der Waals surface area (Å²) in [5.74, 6) is 0.0137. The van der Waals surface area contributed by atoms with E-state index >= 15 is 0 Å². The Morgan fingerprint density at radius 3 is 2.69 bits per heavy atom. The SMILES string of the molecule is CNC(=O)CNCC1(CCO)CC1. The molecule has 4 heteroatoms. The highest BCUT2D eigenvalue weighted by atomic mass is 16.3. The molecule has 0 heterocycles. The fraction of sp³-hybridized carbons (Fsp3) is 0.889. The molecule has 1 amide bonds. The second kappa shape index (κ2) is 4.58. The first-order valence-electron chi connectivity index (χ1n) is 4.75. The van der Waals surface area contributed by atoms with E-state index in [-0.39, 0.29) is 12.5 Å². The Bertz CT molecular complexity index is 178. The lowest BCUT2D eigenvalue weighted by molar-refractivity contribution is -0.119. The van der Waals surface area contributed by atoms with E-state index in [1.54, 1.807) is 7.05 Å². The van der Waals surface area contributed by atoms with Crippen molar-refractivity contribution in [3.05, 3.63) is 0 Å². The first-order chi connectivity index (χ1) is 6.22. The zero-order chi connectivity index (χ0) is 9.73. The summed E-state index contributed by atoms with van der Waals surface area (Å²) >= 11 is 0. The van der Waals surface area contributed by atoms with Crippen LogP contribution >= 0.6 is 0 Å². The topological polar surface area (TPSA) is 61.4 Å². The monoisotopic (exact) mass is 186 g/mol. The summed E-state index contributed by atoms with van der Waals surface area (Å²) in [5.41, 5.74) is 0.294. The van der Waals surface area contributed by atoms with E-state index in [1.807, 2.05) is 0 Å². The van der Waals surface area contributed by atoms with Gasteiger partial charge in [0.2, 0.25) is 5.91 Å². The third-order valence-corrected chi connectivity index (χ3v) is 2.66. The summed E-state index contributed by atoms with van der Waals surface area (Å²) in [6.45, 7) is 1.48. The summed E-state index contributed by atoms with van der Waals surface area (Å²) in [4.78, 5) is 10.9. The van der Waals surface area contributed by atoms with Gasteiger partial charge in [-0.1, -0.05) is 0 Å². The summed E-state index contributed by atoms with van der Waals surface area (Å²) in [6, 6.07) is 0. The molecule has 1 aliphatic carbocycles. The number of carbonyl (C=O) groups excluding carboxylic acids is 1. The van der Waals surface area contributed by atoms with Gasteiger partial charge in [-0.3, -0.25) is 4.79 Å². The van der Waals surface area contributed by atoms with Gasteiger partial charge in [-0.25, -0.2) is 0 Å². The zero-order valence-electron chi connectivity index (χ0n) is 8.10. The quantitative estimate of drug-likeness (QED) is 0.523. The molecule has 0 unspecified atom stereocenters. The van der Waals surface area contributed by atoms with Crippen LogP contribution in [0.2, 0.25) is 0 Å². The lowest BCUT2D eigenvalue weighted by Crippen LogP contribution is -2.34. The first kappa shape index (κ1) is 10.5. The minimum absolute atomic E-state index is 0.0137. The number of amides is 1. The molecular weight excluding hydrogens is 168 g/mol. The molecule has 0 spiro atoms. The average molecular weight is 186 g/mol. The van der Waals surface area contributed by atoms with Crippen molar-refractivity contribution in [3.8, 4) is 0 Å². The van der Waals surface area contributed by atoms with Gasteiger partial charge >= 0.3 is 0 Å². The molecule has 0 aromatic rings. The molecule has 0 atom stereocenters. The third-order valence-electron chi connectivity index (χ3n) is 2.66. The maximum Gasteiger partial charge on any atom is 0.233 e. The van der Waals surface area contributed by atoms with Crippen molar-refractivity contribution in [2.75, 3.05) is 26.7 Å². The minimum atomic E-state index is 0.0137. The molecule has 3 N–H and O–H groups in total. The number of aliphatic hydroxyl groups excluding tert-OH is 1. The Morgan fingerprint density at radius 1 is 1.54 bits per heavy atom. The molecule has 0 radical (unpaired) electrons. The molecule has 0 aromatic heterocycles. The summed E-state index contributed by atoms with van der Waals surface area (Å²) in [5, 5.41) is 14.4. The Hall–Kier alpha value is -0.610. The van der Waals surface area contributed by atoms with Crippen molar-refractivity contribution < 1.29 is 9.90 Å². The molecule has 0 saturated heterocycles. The van der Waals surface area contributed by atoms with Crippen molar-refractivity contribution in [3.63, 3.8) is 0 Å². The molecule has 13 heavy (non-hydrogen) atoms. The van der Waals surface area contributed by atoms with Crippen LogP contribution in [0, 0.1) is 5.41 Å². The summed E-state index contributed by atoms with van der Waals surface area (Å²) in [6.07, 6.45) is 3.20. The van der Waals surface area contributed by atoms with Gasteiger partial charge < -0.3 is 15.7 Å². The van der Waals surface area contributed by atoms with Gasteiger partial charge in [0.15, 0.2) is 0 Å². The van der Waals surface area contributed by atoms with Crippen LogP contribution in [0.3, 0.4) is 0 Å². The van der Waals surface area contributed by atoms with Gasteiger partial charge in [-0.2, -0.15) is 0 Å². The number of likely N-dealkylation sites (N-methyl/N-ethyl adjacent to an activating group) is 1. The van der Waals surface area contributed by atoms with E-state index in [9.17, 15) is 4.79 Å². The molecule has 76 valence electrons. The lowest BCUT2D eigenvalue weighted by Gasteiger charge is -2.13. The molecule has 1 saturated carbocycles. The second-order valence-electron chi connectivity index (χ2n) is 3.75. The van der Waals surface area contributed by atoms with Crippen LogP contribution in [0.25, 0.3) is 0 Å². The fourth-order valence-corrected chi connectivity index (χ4v) is 1.46. The predicted octanol–water partition coefficient (Wildman–Crippen LogP) is -0.515. The van der Waals surface area contributed by atoms with Gasteiger partial charge in [0, 0.05) is 20.2 Å². The molecule has 0 aliphatic heterocycles. The van der Waals surface area contributed by atoms with E-state index < -0.39 is 0 Å². The maximum absolute atomic E-state index is 10.9. The highest BCUT2D eigenvalue weighted by Gasteiger charge is 2.41. The molecular formula is C9H18N2O2. The van der Waals surface area contributed by atoms with Gasteiger partial charge in [0.05, 0.1) is 6.54 Å². The number of aliphatic hydroxyl groups is 1. The number of carbonyl (C=O) groups is 1. The number of nitrogens with one attached hydrogen (secondary N) is 2. The van der Waals surface area contributed by atoms with Crippen molar-refractivity contribution >= 4 is 5.91 Å². The fourth-order valence-electron chi connectivity index (χ4n) is 1.46. The van der Waals surface area contributed by atoms with E-state index in [2.05, 4.69) is 10.6 Å². The standard InChI is InChI=1S/C9H18N2O2/c1-10-8(13)6-11-7-9(2-3-9)4-5-12/h11-12H,2-7H2,1H3,(H,10,13). The van der Waals surface area contributed by atoms with E-state index in [1.165, 1.54) is 12.8 Å². The van der Waals surface area contributed by atoms with Crippen molar-refractivity contribution in [1.82, 2.24) is 10.6 Å². The van der Waals surface area contributed by atoms with Crippen LogP contribution in [0.15, 0.2) is 0 Å². The molecule has 0 bridgehead atoms. The Labute approximate surface area is 78.7 Å². The van der Waals surface area contributed by atoms with E-state index in [0.29, 0.717) is 12.0 Å². The van der Waals surface area contributed by atoms with Crippen LogP contribution in [-0.2, 0) is 4.79 Å². The lowest BCUT2D eigenvalue weighted by atomic mass is 10.0. The van der Waals surface area contributed by atoms with Crippen LogP contribution in [0.1, 0.15) is 19.3 Å². The van der Waals surface area contributed by atoms with Crippen LogP contribution in [0.5, 0.6) is 0 Å². The highest BCUT2D eigenvalue weighted by Crippen LogP contribution is 2.47. The number of hydrogen-bond donors (Lipinski definition) is 3. The summed E-state index contributed by atoms with van der Waals surface area (Å²) in [7, 11) is 1.63. The molecule has 4 nitrogen and oxygen atoms in total. The maximum atomic E-state index is 10.9. The Morgan fingerprint density at radius 2 is 2.23 bits per heavy atom. The van der Waals surface area contributed by atoms with Crippen molar-refractivity contribution in [1.29, 1.82) is 0 Å². The summed E-state index contributed by atoms with van der Waals surface area (Å²) < 4.78 is 0.